The summed E-state index contributed by atoms with van der Waals surface area (Å²) in [5, 5.41) is 13.5. The first-order chi connectivity index (χ1) is 15.3. The van der Waals surface area contributed by atoms with Crippen LogP contribution in [-0.2, 0) is 30.5 Å². The van der Waals surface area contributed by atoms with Gasteiger partial charge in [0.05, 0.1) is 6.42 Å². The first-order valence-electron chi connectivity index (χ1n) is 9.71. The Labute approximate surface area is 182 Å². The number of carboxylic acids is 1. The largest absolute Gasteiger partial charge is 0.481 e. The van der Waals surface area contributed by atoms with Crippen molar-refractivity contribution < 1.29 is 38.2 Å². The summed E-state index contributed by atoms with van der Waals surface area (Å²) in [7, 11) is 0. The lowest BCUT2D eigenvalue weighted by atomic mass is 10.1. The van der Waals surface area contributed by atoms with E-state index in [-0.39, 0.29) is 6.61 Å². The smallest absolute Gasteiger partial charge is 0.408 e. The van der Waals surface area contributed by atoms with Crippen LogP contribution in [0.3, 0.4) is 0 Å². The van der Waals surface area contributed by atoms with Crippen molar-refractivity contribution >= 4 is 45.8 Å². The molecule has 0 radical (unpaired) electrons. The van der Waals surface area contributed by atoms with Crippen molar-refractivity contribution in [1.29, 1.82) is 0 Å². The maximum atomic E-state index is 11.8. The number of esters is 1. The highest BCUT2D eigenvalue weighted by Gasteiger charge is 2.25. The molecule has 9 heteroatoms. The summed E-state index contributed by atoms with van der Waals surface area (Å²) in [5.74, 6) is -2.70. The Morgan fingerprint density at radius 2 is 1.72 bits per heavy atom. The van der Waals surface area contributed by atoms with Crippen molar-refractivity contribution in [3.8, 4) is 0 Å². The molecule has 5 rings (SSSR count). The van der Waals surface area contributed by atoms with Crippen LogP contribution in [0.4, 0.5) is 4.79 Å². The third-order valence-electron chi connectivity index (χ3n) is 4.52. The molecule has 0 saturated carbocycles. The molecule has 5 aromatic rings. The van der Waals surface area contributed by atoms with Crippen molar-refractivity contribution in [2.45, 2.75) is 26.0 Å². The van der Waals surface area contributed by atoms with Crippen LogP contribution in [0.5, 0.6) is 0 Å². The highest BCUT2D eigenvalue weighted by atomic mass is 16.5. The molecule has 0 aliphatic heterocycles. The molecular weight excluding hydrogens is 418 g/mol. The number of benzene rings is 2. The van der Waals surface area contributed by atoms with Gasteiger partial charge >= 0.3 is 18.0 Å². The number of alkyl carbamates (subject to hydrolysis) is 1. The second kappa shape index (κ2) is 10.3. The van der Waals surface area contributed by atoms with Crippen molar-refractivity contribution in [2.75, 3.05) is 6.61 Å². The van der Waals surface area contributed by atoms with E-state index in [1.807, 2.05) is 12.1 Å². The van der Waals surface area contributed by atoms with Crippen LogP contribution in [0, 0.1) is 0 Å². The van der Waals surface area contributed by atoms with E-state index in [1.54, 1.807) is 30.3 Å². The van der Waals surface area contributed by atoms with Gasteiger partial charge in [-0.2, -0.15) is 0 Å². The molecule has 32 heavy (non-hydrogen) atoms. The Bertz CT molecular complexity index is 1170. The predicted octanol–water partition coefficient (Wildman–Crippen LogP) is 3.35. The third-order valence-corrected chi connectivity index (χ3v) is 4.52. The average Bonchev–Trinajstić information content (AvgIpc) is 3.27. The fraction of sp³-hybridized carbons (Fsp3) is 0.217. The van der Waals surface area contributed by atoms with Gasteiger partial charge in [-0.3, -0.25) is 14.4 Å². The number of carbonyl (C=O) groups excluding carboxylic acids is 3. The molecule has 0 aliphatic carbocycles. The van der Waals surface area contributed by atoms with Crippen LogP contribution in [0.25, 0.3) is 21.9 Å². The number of carboxylic acid groups (broad SMARTS) is 1. The normalized spacial score (nSPS) is 11.5. The Morgan fingerprint density at radius 1 is 0.969 bits per heavy atom. The maximum Gasteiger partial charge on any atom is 0.408 e. The summed E-state index contributed by atoms with van der Waals surface area (Å²) >= 11 is 0. The molecule has 2 heterocycles. The van der Waals surface area contributed by atoms with E-state index in [0.717, 1.165) is 23.7 Å². The Morgan fingerprint density at radius 3 is 2.34 bits per heavy atom. The molecule has 2 N–H and O–H groups in total. The van der Waals surface area contributed by atoms with Gasteiger partial charge in [0.15, 0.2) is 12.4 Å². The van der Waals surface area contributed by atoms with Gasteiger partial charge in [0.1, 0.15) is 23.8 Å². The monoisotopic (exact) mass is 439 g/mol. The summed E-state index contributed by atoms with van der Waals surface area (Å²) in [5.41, 5.74) is 2.82. The summed E-state index contributed by atoms with van der Waals surface area (Å²) in [6.07, 6.45) is -1.57. The number of furan rings is 2. The van der Waals surface area contributed by atoms with E-state index in [2.05, 4.69) is 22.2 Å². The first-order valence-corrected chi connectivity index (χ1v) is 9.71. The average molecular weight is 439 g/mol. The van der Waals surface area contributed by atoms with Crippen LogP contribution >= 0.6 is 0 Å². The van der Waals surface area contributed by atoms with Crippen molar-refractivity contribution in [3.63, 3.8) is 0 Å². The lowest BCUT2D eigenvalue weighted by molar-refractivity contribution is -0.147. The van der Waals surface area contributed by atoms with Gasteiger partial charge in [-0.25, -0.2) is 4.79 Å². The van der Waals surface area contributed by atoms with Crippen LogP contribution in [0.1, 0.15) is 18.9 Å². The second-order valence-electron chi connectivity index (χ2n) is 6.93. The van der Waals surface area contributed by atoms with E-state index in [0.29, 0.717) is 0 Å². The predicted molar refractivity (Wildman–Crippen MR) is 114 cm³/mol. The van der Waals surface area contributed by atoms with E-state index in [9.17, 15) is 19.2 Å². The number of Topliss-reactive ketones (excluding diaryl/α,β-unsaturated/α-hetero) is 1. The fourth-order valence-corrected chi connectivity index (χ4v) is 2.93. The van der Waals surface area contributed by atoms with Crippen LogP contribution in [0.2, 0.25) is 0 Å². The van der Waals surface area contributed by atoms with E-state index >= 15 is 0 Å². The summed E-state index contributed by atoms with van der Waals surface area (Å²) < 4.78 is 14.8. The number of hydrogen-bond acceptors (Lipinski definition) is 7. The number of amides is 1. The molecule has 1 amide bonds. The van der Waals surface area contributed by atoms with E-state index in [4.69, 9.17) is 14.3 Å². The van der Waals surface area contributed by atoms with Gasteiger partial charge in [-0.1, -0.05) is 42.5 Å². The number of nitrogens with one attached hydrogen (secondary N) is 1. The Balaban J connectivity index is 0.000000258. The molecular formula is C23H21NO8. The highest BCUT2D eigenvalue weighted by Crippen LogP contribution is 2.35. The van der Waals surface area contributed by atoms with Crippen molar-refractivity contribution in [2.24, 2.45) is 0 Å². The minimum Gasteiger partial charge on any atom is -0.481 e. The minimum atomic E-state index is -1.34. The molecule has 0 aliphatic rings. The van der Waals surface area contributed by atoms with Crippen molar-refractivity contribution in [1.82, 2.24) is 5.32 Å². The number of rotatable bonds is 8. The van der Waals surface area contributed by atoms with Gasteiger partial charge < -0.3 is 24.3 Å². The zero-order chi connectivity index (χ0) is 23.1. The highest BCUT2D eigenvalue weighted by molar-refractivity contribution is 6.13. The SMILES string of the molecule is CC(=O)OCC(=O)C(CC(=O)O)NC(=O)OCc1ccccc1.c1cc2oc3cc2c3c1. The quantitative estimate of drug-likeness (QED) is 0.400. The maximum absolute atomic E-state index is 11.8. The third kappa shape index (κ3) is 5.94. The Hall–Kier alpha value is -4.14. The van der Waals surface area contributed by atoms with Gasteiger partial charge in [0, 0.05) is 17.7 Å². The standard InChI is InChI=1S/C15H17NO7.C8H4O/c1-10(17)22-9-13(18)12(7-14(19)20)16-15(21)23-8-11-5-3-2-4-6-11;1-2-5-6-4-8(5)9-7(6)3-1/h2-6,12H,7-9H2,1H3,(H,16,21)(H,19,20);1-4H. The summed E-state index contributed by atoms with van der Waals surface area (Å²) in [4.78, 5) is 44.9. The van der Waals surface area contributed by atoms with Crippen LogP contribution in [0.15, 0.2) is 59.0 Å². The molecule has 9 nitrogen and oxygen atoms in total. The summed E-state index contributed by atoms with van der Waals surface area (Å²) in [6, 6.07) is 15.7. The first kappa shape index (κ1) is 22.5. The van der Waals surface area contributed by atoms with Crippen LogP contribution in [-0.4, -0.2) is 41.6 Å². The molecule has 166 valence electrons. The molecule has 0 spiro atoms. The van der Waals surface area contributed by atoms with Crippen LogP contribution < -0.4 is 5.32 Å². The van der Waals surface area contributed by atoms with Crippen molar-refractivity contribution in [3.05, 3.63) is 60.2 Å². The number of hydrogen-bond donors (Lipinski definition) is 2. The molecule has 4 bridgehead atoms. The topological polar surface area (TPSA) is 132 Å². The molecule has 1 atom stereocenters. The zero-order valence-corrected chi connectivity index (χ0v) is 17.2. The second-order valence-corrected chi connectivity index (χ2v) is 6.93. The molecule has 0 fully saturated rings. The number of ketones is 1. The minimum absolute atomic E-state index is 0.0232. The molecule has 1 unspecified atom stereocenters. The van der Waals surface area contributed by atoms with Gasteiger partial charge in [-0.05, 0) is 17.7 Å². The molecule has 0 saturated heterocycles. The van der Waals surface area contributed by atoms with E-state index < -0.39 is 42.9 Å². The number of carbonyl (C=O) groups is 4. The summed E-state index contributed by atoms with van der Waals surface area (Å²) in [6.45, 7) is 0.470. The van der Waals surface area contributed by atoms with Gasteiger partial charge in [0.25, 0.3) is 0 Å². The molecule has 2 aromatic heterocycles. The number of aliphatic carboxylic acids is 1. The lowest BCUT2D eigenvalue weighted by Crippen LogP contribution is -2.44. The lowest BCUT2D eigenvalue weighted by Gasteiger charge is -2.15. The zero-order valence-electron chi connectivity index (χ0n) is 17.2. The van der Waals surface area contributed by atoms with Gasteiger partial charge in [-0.15, -0.1) is 0 Å². The van der Waals surface area contributed by atoms with Gasteiger partial charge in [0.2, 0.25) is 0 Å². The van der Waals surface area contributed by atoms with E-state index in [1.165, 1.54) is 10.8 Å². The number of ether oxygens (including phenoxy) is 2. The molecule has 3 aromatic carbocycles. The fourth-order valence-electron chi connectivity index (χ4n) is 2.93. The Kier molecular flexibility index (Phi) is 7.22.